The molecule has 2 amide bonds. The first-order valence-corrected chi connectivity index (χ1v) is 9.47. The van der Waals surface area contributed by atoms with Gasteiger partial charge in [-0.25, -0.2) is 4.39 Å². The number of carbonyl (C=O) groups is 2. The van der Waals surface area contributed by atoms with E-state index in [9.17, 15) is 14.0 Å². The maximum Gasteiger partial charge on any atom is 0.227 e. The molecule has 1 aliphatic carbocycles. The highest BCUT2D eigenvalue weighted by molar-refractivity contribution is 5.81. The van der Waals surface area contributed by atoms with Gasteiger partial charge in [0.05, 0.1) is 13.5 Å². The Morgan fingerprint density at radius 2 is 1.73 bits per heavy atom. The van der Waals surface area contributed by atoms with Gasteiger partial charge in [0.1, 0.15) is 11.6 Å². The van der Waals surface area contributed by atoms with Crippen LogP contribution in [0.1, 0.15) is 37.7 Å². The highest BCUT2D eigenvalue weighted by Gasteiger charge is 2.29. The molecule has 5 nitrogen and oxygen atoms in total. The van der Waals surface area contributed by atoms with Gasteiger partial charge in [-0.05, 0) is 31.0 Å². The summed E-state index contributed by atoms with van der Waals surface area (Å²) in [5.74, 6) is 0.507. The van der Waals surface area contributed by atoms with Crippen LogP contribution < -0.4 is 4.74 Å². The summed E-state index contributed by atoms with van der Waals surface area (Å²) in [6, 6.07) is 4.21. The molecular weight excluding hydrogens is 335 g/mol. The number of methoxy groups -OCH3 is 1. The summed E-state index contributed by atoms with van der Waals surface area (Å²) in [7, 11) is 1.51. The Morgan fingerprint density at radius 1 is 1.08 bits per heavy atom. The van der Waals surface area contributed by atoms with Gasteiger partial charge >= 0.3 is 0 Å². The number of benzene rings is 1. The number of nitrogens with zero attached hydrogens (tertiary/aromatic N) is 2. The van der Waals surface area contributed by atoms with Crippen LogP contribution >= 0.6 is 0 Å². The van der Waals surface area contributed by atoms with Crippen molar-refractivity contribution < 1.29 is 18.7 Å². The van der Waals surface area contributed by atoms with E-state index in [4.69, 9.17) is 4.74 Å². The van der Waals surface area contributed by atoms with Gasteiger partial charge in [-0.1, -0.05) is 19.3 Å². The minimum absolute atomic E-state index is 0.0568. The molecule has 6 heteroatoms. The summed E-state index contributed by atoms with van der Waals surface area (Å²) in [4.78, 5) is 28.8. The standard InChI is InChI=1S/C20H27FN2O3/c1-26-18-8-7-17(21)13-16(18)14-19(24)22-9-11-23(12-10-22)20(25)15-5-3-2-4-6-15/h7-8,13,15H,2-6,9-12,14H2,1H3. The number of hydrogen-bond acceptors (Lipinski definition) is 3. The zero-order valence-electron chi connectivity index (χ0n) is 15.4. The molecule has 3 rings (SSSR count). The number of halogens is 1. The zero-order valence-corrected chi connectivity index (χ0v) is 15.4. The third-order valence-corrected chi connectivity index (χ3v) is 5.48. The Kier molecular flexibility index (Phi) is 6.12. The van der Waals surface area contributed by atoms with E-state index >= 15 is 0 Å². The van der Waals surface area contributed by atoms with E-state index in [0.29, 0.717) is 37.5 Å². The van der Waals surface area contributed by atoms with Crippen molar-refractivity contribution in [2.45, 2.75) is 38.5 Å². The van der Waals surface area contributed by atoms with Gasteiger partial charge in [-0.15, -0.1) is 0 Å². The minimum atomic E-state index is -0.378. The molecule has 1 heterocycles. The Hall–Kier alpha value is -2.11. The first-order chi connectivity index (χ1) is 12.6. The second kappa shape index (κ2) is 8.52. The van der Waals surface area contributed by atoms with Crippen LogP contribution in [0.5, 0.6) is 5.75 Å². The highest BCUT2D eigenvalue weighted by Crippen LogP contribution is 2.26. The number of carbonyl (C=O) groups excluding carboxylic acids is 2. The summed E-state index contributed by atoms with van der Waals surface area (Å²) >= 11 is 0. The van der Waals surface area contributed by atoms with Crippen molar-refractivity contribution in [3.63, 3.8) is 0 Å². The molecule has 1 saturated carbocycles. The normalized spacial score (nSPS) is 18.7. The molecule has 0 bridgehead atoms. The van der Waals surface area contributed by atoms with Gasteiger partial charge in [0, 0.05) is 37.7 Å². The van der Waals surface area contributed by atoms with Crippen LogP contribution in [0.3, 0.4) is 0 Å². The van der Waals surface area contributed by atoms with Crippen molar-refractivity contribution in [1.82, 2.24) is 9.80 Å². The van der Waals surface area contributed by atoms with E-state index < -0.39 is 0 Å². The van der Waals surface area contributed by atoms with Crippen LogP contribution in [-0.2, 0) is 16.0 Å². The molecule has 0 atom stereocenters. The molecule has 2 aliphatic rings. The summed E-state index contributed by atoms with van der Waals surface area (Å²) in [5, 5.41) is 0. The van der Waals surface area contributed by atoms with Gasteiger partial charge < -0.3 is 14.5 Å². The van der Waals surface area contributed by atoms with E-state index in [1.54, 1.807) is 11.0 Å². The lowest BCUT2D eigenvalue weighted by atomic mass is 9.88. The molecule has 142 valence electrons. The van der Waals surface area contributed by atoms with Gasteiger partial charge in [0.2, 0.25) is 11.8 Å². The highest BCUT2D eigenvalue weighted by atomic mass is 19.1. The predicted molar refractivity (Wildman–Crippen MR) is 96.4 cm³/mol. The van der Waals surface area contributed by atoms with Crippen LogP contribution in [0, 0.1) is 11.7 Å². The fourth-order valence-corrected chi connectivity index (χ4v) is 3.94. The molecule has 2 fully saturated rings. The van der Waals surface area contributed by atoms with Crippen LogP contribution in [0.4, 0.5) is 4.39 Å². The Labute approximate surface area is 154 Å². The molecule has 1 aliphatic heterocycles. The first kappa shape index (κ1) is 18.7. The monoisotopic (exact) mass is 362 g/mol. The van der Waals surface area contributed by atoms with E-state index in [2.05, 4.69) is 0 Å². The Morgan fingerprint density at radius 3 is 2.38 bits per heavy atom. The largest absolute Gasteiger partial charge is 0.496 e. The van der Waals surface area contributed by atoms with Crippen molar-refractivity contribution in [3.8, 4) is 5.75 Å². The number of ether oxygens (including phenoxy) is 1. The smallest absolute Gasteiger partial charge is 0.227 e. The lowest BCUT2D eigenvalue weighted by molar-refractivity contribution is -0.142. The molecule has 1 saturated heterocycles. The number of amides is 2. The molecule has 26 heavy (non-hydrogen) atoms. The fourth-order valence-electron chi connectivity index (χ4n) is 3.94. The van der Waals surface area contributed by atoms with Crippen molar-refractivity contribution in [2.24, 2.45) is 5.92 Å². The summed E-state index contributed by atoms with van der Waals surface area (Å²) in [6.07, 6.45) is 5.62. The van der Waals surface area contributed by atoms with Crippen molar-refractivity contribution in [3.05, 3.63) is 29.6 Å². The Balaban J connectivity index is 1.53. The summed E-state index contributed by atoms with van der Waals surface area (Å²) in [6.45, 7) is 2.24. The molecule has 0 N–H and O–H groups in total. The Bertz CT molecular complexity index is 650. The maximum atomic E-state index is 13.5. The maximum absolute atomic E-state index is 13.5. The van der Waals surface area contributed by atoms with E-state index in [1.807, 2.05) is 4.90 Å². The van der Waals surface area contributed by atoms with Crippen LogP contribution in [-0.4, -0.2) is 54.9 Å². The number of hydrogen-bond donors (Lipinski definition) is 0. The second-order valence-electron chi connectivity index (χ2n) is 7.17. The predicted octanol–water partition coefficient (Wildman–Crippen LogP) is 2.63. The SMILES string of the molecule is COc1ccc(F)cc1CC(=O)N1CCN(C(=O)C2CCCCC2)CC1. The van der Waals surface area contributed by atoms with Gasteiger partial charge in [0.25, 0.3) is 0 Å². The summed E-state index contributed by atoms with van der Waals surface area (Å²) in [5.41, 5.74) is 0.554. The third-order valence-electron chi connectivity index (χ3n) is 5.48. The zero-order chi connectivity index (χ0) is 18.5. The molecule has 1 aromatic rings. The quantitative estimate of drug-likeness (QED) is 0.827. The topological polar surface area (TPSA) is 49.9 Å². The molecule has 1 aromatic carbocycles. The fraction of sp³-hybridized carbons (Fsp3) is 0.600. The minimum Gasteiger partial charge on any atom is -0.496 e. The van der Waals surface area contributed by atoms with Gasteiger partial charge in [0.15, 0.2) is 0 Å². The van der Waals surface area contributed by atoms with E-state index in [-0.39, 0.29) is 30.0 Å². The first-order valence-electron chi connectivity index (χ1n) is 9.47. The third kappa shape index (κ3) is 4.34. The van der Waals surface area contributed by atoms with Gasteiger partial charge in [-0.3, -0.25) is 9.59 Å². The van der Waals surface area contributed by atoms with Crippen LogP contribution in [0.25, 0.3) is 0 Å². The molecular formula is C20H27FN2O3. The molecule has 0 radical (unpaired) electrons. The van der Waals surface area contributed by atoms with Gasteiger partial charge in [-0.2, -0.15) is 0 Å². The number of piperazine rings is 1. The lowest BCUT2D eigenvalue weighted by Crippen LogP contribution is -2.52. The van der Waals surface area contributed by atoms with E-state index in [1.165, 1.54) is 25.7 Å². The number of rotatable bonds is 4. The van der Waals surface area contributed by atoms with E-state index in [0.717, 1.165) is 25.7 Å². The average Bonchev–Trinajstić information content (AvgIpc) is 2.68. The molecule has 0 unspecified atom stereocenters. The van der Waals surface area contributed by atoms with Crippen molar-refractivity contribution in [2.75, 3.05) is 33.3 Å². The second-order valence-corrected chi connectivity index (χ2v) is 7.17. The molecule has 0 aromatic heterocycles. The van der Waals surface area contributed by atoms with Crippen molar-refractivity contribution in [1.29, 1.82) is 0 Å². The summed E-state index contributed by atoms with van der Waals surface area (Å²) < 4.78 is 18.7. The average molecular weight is 362 g/mol. The lowest BCUT2D eigenvalue weighted by Gasteiger charge is -2.37. The van der Waals surface area contributed by atoms with Crippen LogP contribution in [0.15, 0.2) is 18.2 Å². The van der Waals surface area contributed by atoms with Crippen LogP contribution in [0.2, 0.25) is 0 Å². The molecule has 0 spiro atoms. The van der Waals surface area contributed by atoms with Crippen molar-refractivity contribution >= 4 is 11.8 Å².